The number of rotatable bonds is 6. The summed E-state index contributed by atoms with van der Waals surface area (Å²) < 4.78 is 4.93. The van der Waals surface area contributed by atoms with Crippen molar-refractivity contribution in [1.29, 1.82) is 0 Å². The molecule has 2 amide bonds. The van der Waals surface area contributed by atoms with Crippen LogP contribution in [0.2, 0.25) is 0 Å². The molecule has 1 aromatic rings. The number of piperazine rings is 1. The molecule has 0 aliphatic carbocycles. The van der Waals surface area contributed by atoms with Crippen LogP contribution < -0.4 is 5.73 Å². The van der Waals surface area contributed by atoms with Crippen LogP contribution in [-0.4, -0.2) is 65.9 Å². The van der Waals surface area contributed by atoms with E-state index in [0.29, 0.717) is 19.5 Å². The number of amides is 2. The summed E-state index contributed by atoms with van der Waals surface area (Å²) in [5.41, 5.74) is 6.68. The Morgan fingerprint density at radius 1 is 1.28 bits per heavy atom. The van der Waals surface area contributed by atoms with Crippen molar-refractivity contribution >= 4 is 17.8 Å². The van der Waals surface area contributed by atoms with Gasteiger partial charge in [-0.3, -0.25) is 14.4 Å². The Labute approximate surface area is 147 Å². The molecule has 7 nitrogen and oxygen atoms in total. The van der Waals surface area contributed by atoms with Crippen LogP contribution in [0.25, 0.3) is 0 Å². The summed E-state index contributed by atoms with van der Waals surface area (Å²) in [6.07, 6.45) is 0.386. The van der Waals surface area contributed by atoms with Gasteiger partial charge in [0, 0.05) is 19.5 Å². The first-order valence-electron chi connectivity index (χ1n) is 8.48. The molecule has 0 bridgehead atoms. The Bertz CT molecular complexity index is 618. The van der Waals surface area contributed by atoms with Crippen molar-refractivity contribution in [1.82, 2.24) is 9.80 Å². The third-order valence-corrected chi connectivity index (χ3v) is 4.15. The first-order valence-corrected chi connectivity index (χ1v) is 8.48. The van der Waals surface area contributed by atoms with E-state index in [0.717, 1.165) is 5.56 Å². The first-order chi connectivity index (χ1) is 11.9. The monoisotopic (exact) mass is 347 g/mol. The molecule has 1 heterocycles. The average molecular weight is 347 g/mol. The molecule has 7 heteroatoms. The van der Waals surface area contributed by atoms with E-state index in [2.05, 4.69) is 0 Å². The summed E-state index contributed by atoms with van der Waals surface area (Å²) in [7, 11) is 0. The van der Waals surface area contributed by atoms with Gasteiger partial charge >= 0.3 is 5.97 Å². The van der Waals surface area contributed by atoms with Gasteiger partial charge in [0.2, 0.25) is 11.8 Å². The Kier molecular flexibility index (Phi) is 6.52. The molecular formula is C18H25N3O4. The van der Waals surface area contributed by atoms with Gasteiger partial charge in [-0.2, -0.15) is 0 Å². The van der Waals surface area contributed by atoms with Crippen molar-refractivity contribution in [3.63, 3.8) is 0 Å². The van der Waals surface area contributed by atoms with Gasteiger partial charge in [-0.05, 0) is 19.4 Å². The Balaban J connectivity index is 2.19. The third kappa shape index (κ3) is 4.79. The van der Waals surface area contributed by atoms with Crippen LogP contribution in [0.4, 0.5) is 0 Å². The lowest BCUT2D eigenvalue weighted by atomic mass is 10.0. The molecule has 136 valence electrons. The minimum Gasteiger partial charge on any atom is -0.465 e. The SMILES string of the molecule is CCOC(=O)CN1CCN(C(=O)[C@@H](C)N)[C@H](Cc2ccccc2)C1=O. The third-order valence-electron chi connectivity index (χ3n) is 4.15. The lowest BCUT2D eigenvalue weighted by Gasteiger charge is -2.41. The highest BCUT2D eigenvalue weighted by Gasteiger charge is 2.38. The number of ether oxygens (including phenoxy) is 1. The molecule has 0 radical (unpaired) electrons. The smallest absolute Gasteiger partial charge is 0.325 e. The predicted octanol–water partition coefficient (Wildman–Crippen LogP) is 0.179. The maximum Gasteiger partial charge on any atom is 0.325 e. The molecule has 0 saturated carbocycles. The molecule has 1 aliphatic rings. The van der Waals surface area contributed by atoms with Gasteiger partial charge in [0.05, 0.1) is 12.6 Å². The number of hydrogen-bond donors (Lipinski definition) is 1. The van der Waals surface area contributed by atoms with Crippen LogP contribution in [0, 0.1) is 0 Å². The van der Waals surface area contributed by atoms with E-state index < -0.39 is 18.1 Å². The predicted molar refractivity (Wildman–Crippen MR) is 92.5 cm³/mol. The summed E-state index contributed by atoms with van der Waals surface area (Å²) in [6, 6.07) is 8.14. The average Bonchev–Trinajstić information content (AvgIpc) is 2.59. The lowest BCUT2D eigenvalue weighted by Crippen LogP contribution is -2.62. The Morgan fingerprint density at radius 2 is 1.96 bits per heavy atom. The number of hydrogen-bond acceptors (Lipinski definition) is 5. The summed E-state index contributed by atoms with van der Waals surface area (Å²) in [5.74, 6) is -0.955. The van der Waals surface area contributed by atoms with E-state index >= 15 is 0 Å². The van der Waals surface area contributed by atoms with Gasteiger partial charge in [0.25, 0.3) is 0 Å². The number of carbonyl (C=O) groups excluding carboxylic acids is 3. The summed E-state index contributed by atoms with van der Waals surface area (Å²) in [6.45, 7) is 4.14. The summed E-state index contributed by atoms with van der Waals surface area (Å²) in [5, 5.41) is 0. The topological polar surface area (TPSA) is 92.9 Å². The lowest BCUT2D eigenvalue weighted by molar-refractivity contribution is -0.157. The van der Waals surface area contributed by atoms with E-state index in [9.17, 15) is 14.4 Å². The Morgan fingerprint density at radius 3 is 2.56 bits per heavy atom. The zero-order valence-corrected chi connectivity index (χ0v) is 14.7. The molecule has 2 N–H and O–H groups in total. The largest absolute Gasteiger partial charge is 0.465 e. The zero-order valence-electron chi connectivity index (χ0n) is 14.7. The van der Waals surface area contributed by atoms with Crippen LogP contribution >= 0.6 is 0 Å². The van der Waals surface area contributed by atoms with Crippen LogP contribution in [0.15, 0.2) is 30.3 Å². The molecule has 2 rings (SSSR count). The van der Waals surface area contributed by atoms with Crippen molar-refractivity contribution in [3.05, 3.63) is 35.9 Å². The van der Waals surface area contributed by atoms with Crippen molar-refractivity contribution < 1.29 is 19.1 Å². The van der Waals surface area contributed by atoms with Crippen LogP contribution in [0.5, 0.6) is 0 Å². The minimum atomic E-state index is -0.678. The van der Waals surface area contributed by atoms with Crippen LogP contribution in [0.3, 0.4) is 0 Å². The normalized spacial score (nSPS) is 18.8. The molecule has 25 heavy (non-hydrogen) atoms. The minimum absolute atomic E-state index is 0.0990. The number of benzene rings is 1. The van der Waals surface area contributed by atoms with E-state index in [1.807, 2.05) is 30.3 Å². The molecular weight excluding hydrogens is 322 g/mol. The quantitative estimate of drug-likeness (QED) is 0.741. The van der Waals surface area contributed by atoms with Crippen molar-refractivity contribution in [2.24, 2.45) is 5.73 Å². The van der Waals surface area contributed by atoms with Crippen molar-refractivity contribution in [2.45, 2.75) is 32.4 Å². The number of nitrogens with two attached hydrogens (primary N) is 1. The van der Waals surface area contributed by atoms with Gasteiger partial charge in [0.1, 0.15) is 12.6 Å². The summed E-state index contributed by atoms with van der Waals surface area (Å²) in [4.78, 5) is 40.0. The first kappa shape index (κ1) is 18.9. The summed E-state index contributed by atoms with van der Waals surface area (Å²) >= 11 is 0. The number of carbonyl (C=O) groups is 3. The van der Waals surface area contributed by atoms with Gasteiger partial charge in [-0.15, -0.1) is 0 Å². The van der Waals surface area contributed by atoms with Gasteiger partial charge < -0.3 is 20.3 Å². The maximum atomic E-state index is 12.9. The van der Waals surface area contributed by atoms with Crippen LogP contribution in [-0.2, 0) is 25.5 Å². The van der Waals surface area contributed by atoms with E-state index in [1.54, 1.807) is 13.8 Å². The fraction of sp³-hybridized carbons (Fsp3) is 0.500. The number of esters is 1. The highest BCUT2D eigenvalue weighted by molar-refractivity contribution is 5.92. The molecule has 0 spiro atoms. The fourth-order valence-corrected chi connectivity index (χ4v) is 2.92. The second kappa shape index (κ2) is 8.62. The highest BCUT2D eigenvalue weighted by atomic mass is 16.5. The molecule has 1 aromatic carbocycles. The maximum absolute atomic E-state index is 12.9. The van der Waals surface area contributed by atoms with E-state index in [4.69, 9.17) is 10.5 Å². The molecule has 1 aliphatic heterocycles. The van der Waals surface area contributed by atoms with Crippen LogP contribution in [0.1, 0.15) is 19.4 Å². The molecule has 0 aromatic heterocycles. The van der Waals surface area contributed by atoms with Crippen molar-refractivity contribution in [2.75, 3.05) is 26.2 Å². The second-order valence-electron chi connectivity index (χ2n) is 6.09. The fourth-order valence-electron chi connectivity index (χ4n) is 2.92. The number of nitrogens with zero attached hydrogens (tertiary/aromatic N) is 2. The van der Waals surface area contributed by atoms with Gasteiger partial charge in [-0.25, -0.2) is 0 Å². The molecule has 2 atom stereocenters. The second-order valence-corrected chi connectivity index (χ2v) is 6.09. The molecule has 0 unspecified atom stereocenters. The van der Waals surface area contributed by atoms with Crippen molar-refractivity contribution in [3.8, 4) is 0 Å². The molecule has 1 fully saturated rings. The van der Waals surface area contributed by atoms with Gasteiger partial charge in [-0.1, -0.05) is 30.3 Å². The Hall–Kier alpha value is -2.41. The molecule has 1 saturated heterocycles. The van der Waals surface area contributed by atoms with E-state index in [1.165, 1.54) is 9.80 Å². The highest BCUT2D eigenvalue weighted by Crippen LogP contribution is 2.17. The standard InChI is InChI=1S/C18H25N3O4/c1-3-25-16(22)12-20-9-10-21(17(23)13(2)19)15(18(20)24)11-14-7-5-4-6-8-14/h4-8,13,15H,3,9-12,19H2,1-2H3/t13-,15-/m1/s1. The van der Waals surface area contributed by atoms with E-state index in [-0.39, 0.29) is 25.0 Å². The van der Waals surface area contributed by atoms with Gasteiger partial charge in [0.15, 0.2) is 0 Å². The zero-order chi connectivity index (χ0) is 18.4.